The Hall–Kier alpha value is -2.18. The molecule has 0 heterocycles. The quantitative estimate of drug-likeness (QED) is 0.919. The Morgan fingerprint density at radius 1 is 1.09 bits per heavy atom. The van der Waals surface area contributed by atoms with Crippen LogP contribution in [0.2, 0.25) is 0 Å². The summed E-state index contributed by atoms with van der Waals surface area (Å²) in [6.45, 7) is 2.00. The highest BCUT2D eigenvalue weighted by Crippen LogP contribution is 2.17. The number of anilines is 1. The fourth-order valence-electron chi connectivity index (χ4n) is 2.03. The van der Waals surface area contributed by atoms with Crippen molar-refractivity contribution in [2.45, 2.75) is 11.8 Å². The fourth-order valence-corrected chi connectivity index (χ4v) is 3.12. The standard InChI is InChI=1S/C16H18N2O3S/c1-3-17-22(20,21)15-11-7-8-13(12-15)16(19)18(2)14-9-5-4-6-10-14/h4-12,17H,3H2,1-2H3. The number of hydrogen-bond acceptors (Lipinski definition) is 3. The van der Waals surface area contributed by atoms with Crippen LogP contribution in [0.5, 0.6) is 0 Å². The predicted molar refractivity (Wildman–Crippen MR) is 86.5 cm³/mol. The Morgan fingerprint density at radius 2 is 1.77 bits per heavy atom. The zero-order valence-electron chi connectivity index (χ0n) is 12.5. The lowest BCUT2D eigenvalue weighted by molar-refractivity contribution is 0.0993. The highest BCUT2D eigenvalue weighted by Gasteiger charge is 2.17. The number of nitrogens with zero attached hydrogens (tertiary/aromatic N) is 1. The minimum Gasteiger partial charge on any atom is -0.311 e. The van der Waals surface area contributed by atoms with Gasteiger partial charge in [-0.05, 0) is 30.3 Å². The first kappa shape index (κ1) is 16.2. The third kappa shape index (κ3) is 3.52. The molecule has 116 valence electrons. The highest BCUT2D eigenvalue weighted by atomic mass is 32.2. The SMILES string of the molecule is CCNS(=O)(=O)c1cccc(C(=O)N(C)c2ccccc2)c1. The van der Waals surface area contributed by atoms with E-state index in [0.717, 1.165) is 5.69 Å². The molecule has 0 saturated heterocycles. The summed E-state index contributed by atoms with van der Waals surface area (Å²) in [4.78, 5) is 14.1. The molecule has 0 atom stereocenters. The summed E-state index contributed by atoms with van der Waals surface area (Å²) in [5.41, 5.74) is 1.07. The van der Waals surface area contributed by atoms with Gasteiger partial charge in [0, 0.05) is 24.8 Å². The van der Waals surface area contributed by atoms with Crippen molar-refractivity contribution in [2.24, 2.45) is 0 Å². The second-order valence-electron chi connectivity index (χ2n) is 4.73. The molecule has 0 spiro atoms. The van der Waals surface area contributed by atoms with E-state index in [0.29, 0.717) is 12.1 Å². The van der Waals surface area contributed by atoms with Gasteiger partial charge in [0.05, 0.1) is 4.90 Å². The summed E-state index contributed by atoms with van der Waals surface area (Å²) >= 11 is 0. The number of benzene rings is 2. The van der Waals surface area contributed by atoms with Crippen molar-refractivity contribution in [2.75, 3.05) is 18.5 Å². The van der Waals surface area contributed by atoms with E-state index in [9.17, 15) is 13.2 Å². The van der Waals surface area contributed by atoms with Crippen molar-refractivity contribution in [1.29, 1.82) is 0 Å². The Labute approximate surface area is 130 Å². The van der Waals surface area contributed by atoms with E-state index in [1.165, 1.54) is 17.0 Å². The first-order valence-corrected chi connectivity index (χ1v) is 8.37. The van der Waals surface area contributed by atoms with Crippen LogP contribution in [0.4, 0.5) is 5.69 Å². The zero-order chi connectivity index (χ0) is 16.2. The molecule has 2 aromatic carbocycles. The van der Waals surface area contributed by atoms with E-state index in [1.807, 2.05) is 30.3 Å². The minimum absolute atomic E-state index is 0.0849. The number of carbonyl (C=O) groups is 1. The van der Waals surface area contributed by atoms with Crippen LogP contribution in [0.3, 0.4) is 0 Å². The summed E-state index contributed by atoms with van der Waals surface area (Å²) in [6.07, 6.45) is 0. The number of para-hydroxylation sites is 1. The van der Waals surface area contributed by atoms with Gasteiger partial charge in [0.2, 0.25) is 10.0 Å². The van der Waals surface area contributed by atoms with Crippen LogP contribution >= 0.6 is 0 Å². The van der Waals surface area contributed by atoms with Crippen LogP contribution in [-0.4, -0.2) is 27.9 Å². The van der Waals surface area contributed by atoms with Gasteiger partial charge in [0.1, 0.15) is 0 Å². The van der Waals surface area contributed by atoms with E-state index >= 15 is 0 Å². The second-order valence-corrected chi connectivity index (χ2v) is 6.50. The summed E-state index contributed by atoms with van der Waals surface area (Å²) < 4.78 is 26.4. The lowest BCUT2D eigenvalue weighted by Gasteiger charge is -2.17. The monoisotopic (exact) mass is 318 g/mol. The van der Waals surface area contributed by atoms with Crippen LogP contribution in [0.25, 0.3) is 0 Å². The molecule has 0 bridgehead atoms. The predicted octanol–water partition coefficient (Wildman–Crippen LogP) is 2.26. The Balaban J connectivity index is 2.32. The molecule has 0 fully saturated rings. The number of carbonyl (C=O) groups excluding carboxylic acids is 1. The smallest absolute Gasteiger partial charge is 0.258 e. The van der Waals surface area contributed by atoms with E-state index in [1.54, 1.807) is 26.1 Å². The molecule has 0 aliphatic carbocycles. The molecule has 22 heavy (non-hydrogen) atoms. The molecule has 0 radical (unpaired) electrons. The van der Waals surface area contributed by atoms with E-state index in [4.69, 9.17) is 0 Å². The van der Waals surface area contributed by atoms with Crippen molar-refractivity contribution in [1.82, 2.24) is 4.72 Å². The van der Waals surface area contributed by atoms with Crippen LogP contribution in [-0.2, 0) is 10.0 Å². The molecule has 2 rings (SSSR count). The van der Waals surface area contributed by atoms with Gasteiger partial charge in [-0.2, -0.15) is 0 Å². The molecule has 1 N–H and O–H groups in total. The number of hydrogen-bond donors (Lipinski definition) is 1. The number of amides is 1. The molecule has 0 aliphatic rings. The fraction of sp³-hybridized carbons (Fsp3) is 0.188. The largest absolute Gasteiger partial charge is 0.311 e. The molecular weight excluding hydrogens is 300 g/mol. The van der Waals surface area contributed by atoms with Crippen LogP contribution in [0.15, 0.2) is 59.5 Å². The summed E-state index contributed by atoms with van der Waals surface area (Å²) in [6, 6.07) is 15.2. The highest BCUT2D eigenvalue weighted by molar-refractivity contribution is 7.89. The zero-order valence-corrected chi connectivity index (χ0v) is 13.3. The summed E-state index contributed by atoms with van der Waals surface area (Å²) in [7, 11) is -1.92. The average molecular weight is 318 g/mol. The lowest BCUT2D eigenvalue weighted by atomic mass is 10.2. The van der Waals surface area contributed by atoms with Crippen LogP contribution < -0.4 is 9.62 Å². The number of sulfonamides is 1. The van der Waals surface area contributed by atoms with Gasteiger partial charge in [0.15, 0.2) is 0 Å². The minimum atomic E-state index is -3.58. The van der Waals surface area contributed by atoms with Crippen molar-refractivity contribution in [3.8, 4) is 0 Å². The third-order valence-corrected chi connectivity index (χ3v) is 4.72. The average Bonchev–Trinajstić information content (AvgIpc) is 2.54. The maximum Gasteiger partial charge on any atom is 0.258 e. The molecular formula is C16H18N2O3S. The maximum atomic E-state index is 12.5. The normalized spacial score (nSPS) is 11.2. The molecule has 2 aromatic rings. The Kier molecular flexibility index (Phi) is 4.95. The number of nitrogens with one attached hydrogen (secondary N) is 1. The lowest BCUT2D eigenvalue weighted by Crippen LogP contribution is -2.27. The third-order valence-electron chi connectivity index (χ3n) is 3.17. The molecule has 5 nitrogen and oxygen atoms in total. The van der Waals surface area contributed by atoms with E-state index in [-0.39, 0.29) is 10.8 Å². The topological polar surface area (TPSA) is 66.5 Å². The Morgan fingerprint density at radius 3 is 2.41 bits per heavy atom. The molecule has 1 amide bonds. The summed E-state index contributed by atoms with van der Waals surface area (Å²) in [5, 5.41) is 0. The van der Waals surface area contributed by atoms with Gasteiger partial charge in [-0.25, -0.2) is 13.1 Å². The first-order chi connectivity index (χ1) is 10.5. The first-order valence-electron chi connectivity index (χ1n) is 6.88. The molecule has 0 aromatic heterocycles. The van der Waals surface area contributed by atoms with Gasteiger partial charge in [0.25, 0.3) is 5.91 Å². The van der Waals surface area contributed by atoms with E-state index in [2.05, 4.69) is 4.72 Å². The van der Waals surface area contributed by atoms with Crippen molar-refractivity contribution < 1.29 is 13.2 Å². The second kappa shape index (κ2) is 6.72. The van der Waals surface area contributed by atoms with Crippen molar-refractivity contribution >= 4 is 21.6 Å². The van der Waals surface area contributed by atoms with Gasteiger partial charge in [-0.1, -0.05) is 31.2 Å². The Bertz CT molecular complexity index is 758. The van der Waals surface area contributed by atoms with Crippen molar-refractivity contribution in [3.63, 3.8) is 0 Å². The van der Waals surface area contributed by atoms with Gasteiger partial charge >= 0.3 is 0 Å². The molecule has 0 aliphatic heterocycles. The molecule has 6 heteroatoms. The van der Waals surface area contributed by atoms with Gasteiger partial charge in [-0.3, -0.25) is 4.79 Å². The van der Waals surface area contributed by atoms with Crippen molar-refractivity contribution in [3.05, 3.63) is 60.2 Å². The number of rotatable bonds is 5. The van der Waals surface area contributed by atoms with Gasteiger partial charge in [-0.15, -0.1) is 0 Å². The summed E-state index contributed by atoms with van der Waals surface area (Å²) in [5.74, 6) is -0.264. The maximum absolute atomic E-state index is 12.5. The van der Waals surface area contributed by atoms with Crippen LogP contribution in [0, 0.1) is 0 Å². The van der Waals surface area contributed by atoms with E-state index < -0.39 is 10.0 Å². The molecule has 0 unspecified atom stereocenters. The van der Waals surface area contributed by atoms with Gasteiger partial charge < -0.3 is 4.90 Å². The van der Waals surface area contributed by atoms with Crippen LogP contribution in [0.1, 0.15) is 17.3 Å². The molecule has 0 saturated carbocycles.